The lowest BCUT2D eigenvalue weighted by Gasteiger charge is -2.30. The van der Waals surface area contributed by atoms with E-state index >= 15 is 0 Å². The molecule has 0 bridgehead atoms. The molecule has 2 aliphatic heterocycles. The highest BCUT2D eigenvalue weighted by molar-refractivity contribution is 7.89. The molecule has 3 rings (SSSR count). The topological polar surface area (TPSA) is 99.0 Å². The molecule has 0 aliphatic carbocycles. The summed E-state index contributed by atoms with van der Waals surface area (Å²) in [6.07, 6.45) is 1.70. The summed E-state index contributed by atoms with van der Waals surface area (Å²) in [6, 6.07) is 2.34. The Balaban J connectivity index is 2.08. The zero-order valence-electron chi connectivity index (χ0n) is 12.7. The molecule has 1 fully saturated rings. The Morgan fingerprint density at radius 2 is 1.91 bits per heavy atom. The number of rotatable bonds is 3. The van der Waals surface area contributed by atoms with Gasteiger partial charge in [0.05, 0.1) is 11.0 Å². The maximum atomic E-state index is 12.9. The molecule has 0 unspecified atom stereocenters. The molecule has 23 heavy (non-hydrogen) atoms. The van der Waals surface area contributed by atoms with Gasteiger partial charge in [-0.2, -0.15) is 4.31 Å². The number of fused-ring (bicyclic) bond motifs is 1. The fraction of sp³-hybridized carbons (Fsp3) is 0.571. The summed E-state index contributed by atoms with van der Waals surface area (Å²) >= 11 is 0. The molecule has 1 aromatic rings. The molecule has 9 heteroatoms. The maximum absolute atomic E-state index is 12.9. The Morgan fingerprint density at radius 3 is 2.52 bits per heavy atom. The molecule has 8 nitrogen and oxygen atoms in total. The van der Waals surface area contributed by atoms with E-state index in [-0.39, 0.29) is 35.5 Å². The van der Waals surface area contributed by atoms with Gasteiger partial charge in [-0.05, 0) is 18.8 Å². The molecule has 0 radical (unpaired) electrons. The van der Waals surface area contributed by atoms with Crippen LogP contribution in [0.5, 0.6) is 11.5 Å². The first-order valence-electron chi connectivity index (χ1n) is 7.48. The summed E-state index contributed by atoms with van der Waals surface area (Å²) in [5.41, 5.74) is -0.479. The monoisotopic (exact) mass is 342 g/mol. The molecule has 0 saturated carbocycles. The summed E-state index contributed by atoms with van der Waals surface area (Å²) in [4.78, 5) is 10.3. The van der Waals surface area contributed by atoms with Gasteiger partial charge in [0.2, 0.25) is 10.0 Å². The van der Waals surface area contributed by atoms with Crippen molar-refractivity contribution in [1.29, 1.82) is 0 Å². The largest absolute Gasteiger partial charge is 0.486 e. The third kappa shape index (κ3) is 2.98. The van der Waals surface area contributed by atoms with Crippen molar-refractivity contribution in [3.63, 3.8) is 0 Å². The van der Waals surface area contributed by atoms with Crippen molar-refractivity contribution in [1.82, 2.24) is 4.31 Å². The van der Waals surface area contributed by atoms with E-state index in [1.54, 1.807) is 0 Å². The second kappa shape index (κ2) is 5.97. The van der Waals surface area contributed by atoms with Crippen LogP contribution in [0.1, 0.15) is 19.8 Å². The van der Waals surface area contributed by atoms with Gasteiger partial charge >= 0.3 is 0 Å². The van der Waals surface area contributed by atoms with Gasteiger partial charge < -0.3 is 9.47 Å². The fourth-order valence-electron chi connectivity index (χ4n) is 2.91. The number of sulfonamides is 1. The number of benzene rings is 1. The summed E-state index contributed by atoms with van der Waals surface area (Å²) < 4.78 is 37.7. The smallest absolute Gasteiger partial charge is 0.293 e. The summed E-state index contributed by atoms with van der Waals surface area (Å²) in [5, 5.41) is 11.3. The summed E-state index contributed by atoms with van der Waals surface area (Å²) in [7, 11) is -3.95. The second-order valence-electron chi connectivity index (χ2n) is 5.83. The summed E-state index contributed by atoms with van der Waals surface area (Å²) in [6.45, 7) is 3.27. The first-order valence-corrected chi connectivity index (χ1v) is 8.92. The fourth-order valence-corrected chi connectivity index (χ4v) is 4.66. The molecular weight excluding hydrogens is 324 g/mol. The van der Waals surface area contributed by atoms with E-state index in [9.17, 15) is 18.5 Å². The molecule has 0 N–H and O–H groups in total. The number of nitro groups is 1. The molecule has 2 heterocycles. The Labute approximate surface area is 134 Å². The first kappa shape index (κ1) is 16.0. The summed E-state index contributed by atoms with van der Waals surface area (Å²) in [5.74, 6) is 0.661. The average molecular weight is 342 g/mol. The number of nitrogens with zero attached hydrogens (tertiary/aromatic N) is 2. The molecule has 126 valence electrons. The van der Waals surface area contributed by atoms with Crippen LogP contribution < -0.4 is 9.47 Å². The minimum Gasteiger partial charge on any atom is -0.486 e. The van der Waals surface area contributed by atoms with Gasteiger partial charge in [-0.1, -0.05) is 6.92 Å². The van der Waals surface area contributed by atoms with Crippen LogP contribution in [-0.4, -0.2) is 43.9 Å². The number of nitro benzene ring substituents is 1. The van der Waals surface area contributed by atoms with Gasteiger partial charge in [-0.15, -0.1) is 0 Å². The highest BCUT2D eigenvalue weighted by Crippen LogP contribution is 2.40. The molecule has 0 amide bonds. The lowest BCUT2D eigenvalue weighted by molar-refractivity contribution is -0.388. The lowest BCUT2D eigenvalue weighted by Crippen LogP contribution is -2.39. The van der Waals surface area contributed by atoms with Crippen molar-refractivity contribution in [3.8, 4) is 11.5 Å². The molecule has 2 aliphatic rings. The molecule has 1 atom stereocenters. The first-order chi connectivity index (χ1) is 10.9. The van der Waals surface area contributed by atoms with Crippen molar-refractivity contribution < 1.29 is 22.8 Å². The standard InChI is InChI=1S/C14H18N2O6S/c1-10-3-2-4-15(9-10)23(19,20)14-8-13-12(21-5-6-22-13)7-11(14)16(17)18/h7-8,10H,2-6,9H2,1H3/t10-/m1/s1. The van der Waals surface area contributed by atoms with Gasteiger partial charge in [-0.25, -0.2) is 8.42 Å². The van der Waals surface area contributed by atoms with Crippen molar-refractivity contribution in [3.05, 3.63) is 22.2 Å². The SMILES string of the molecule is C[C@@H]1CCCN(S(=O)(=O)c2cc3c(cc2[N+](=O)[O-])OCCO3)C1. The Bertz CT molecular complexity index is 733. The maximum Gasteiger partial charge on any atom is 0.293 e. The van der Waals surface area contributed by atoms with Crippen molar-refractivity contribution in [2.75, 3.05) is 26.3 Å². The van der Waals surface area contributed by atoms with E-state index in [0.717, 1.165) is 18.9 Å². The van der Waals surface area contributed by atoms with Crippen molar-refractivity contribution in [2.24, 2.45) is 5.92 Å². The Kier molecular flexibility index (Phi) is 4.15. The molecule has 0 spiro atoms. The highest BCUT2D eigenvalue weighted by Gasteiger charge is 2.36. The number of piperidine rings is 1. The molecule has 1 aromatic carbocycles. The zero-order valence-corrected chi connectivity index (χ0v) is 13.5. The van der Waals surface area contributed by atoms with Crippen LogP contribution in [0.25, 0.3) is 0 Å². The van der Waals surface area contributed by atoms with Crippen LogP contribution in [0.3, 0.4) is 0 Å². The van der Waals surface area contributed by atoms with Crippen LogP contribution in [0.2, 0.25) is 0 Å². The Morgan fingerprint density at radius 1 is 1.26 bits per heavy atom. The van der Waals surface area contributed by atoms with Gasteiger partial charge in [0.1, 0.15) is 13.2 Å². The minimum absolute atomic E-state index is 0.203. The van der Waals surface area contributed by atoms with Crippen LogP contribution in [-0.2, 0) is 10.0 Å². The van der Waals surface area contributed by atoms with Gasteiger partial charge in [0.15, 0.2) is 16.4 Å². The number of hydrogen-bond acceptors (Lipinski definition) is 6. The van der Waals surface area contributed by atoms with Crippen LogP contribution in [0.15, 0.2) is 17.0 Å². The van der Waals surface area contributed by atoms with E-state index in [1.165, 1.54) is 10.4 Å². The quantitative estimate of drug-likeness (QED) is 0.613. The Hall–Kier alpha value is -1.87. The third-order valence-electron chi connectivity index (χ3n) is 4.06. The normalized spacial score (nSPS) is 21.9. The van der Waals surface area contributed by atoms with E-state index in [0.29, 0.717) is 13.1 Å². The second-order valence-corrected chi connectivity index (χ2v) is 7.74. The van der Waals surface area contributed by atoms with E-state index in [1.807, 2.05) is 6.92 Å². The predicted molar refractivity (Wildman–Crippen MR) is 81.2 cm³/mol. The van der Waals surface area contributed by atoms with Crippen LogP contribution in [0.4, 0.5) is 5.69 Å². The van der Waals surface area contributed by atoms with E-state index < -0.39 is 20.6 Å². The van der Waals surface area contributed by atoms with Gasteiger partial charge in [0, 0.05) is 19.2 Å². The van der Waals surface area contributed by atoms with Crippen molar-refractivity contribution in [2.45, 2.75) is 24.7 Å². The van der Waals surface area contributed by atoms with Crippen molar-refractivity contribution >= 4 is 15.7 Å². The average Bonchev–Trinajstić information content (AvgIpc) is 2.53. The van der Waals surface area contributed by atoms with Crippen LogP contribution >= 0.6 is 0 Å². The minimum atomic E-state index is -3.95. The lowest BCUT2D eigenvalue weighted by atomic mass is 10.0. The van der Waals surface area contributed by atoms with Gasteiger partial charge in [-0.3, -0.25) is 10.1 Å². The third-order valence-corrected chi connectivity index (χ3v) is 5.95. The number of ether oxygens (including phenoxy) is 2. The van der Waals surface area contributed by atoms with Crippen LogP contribution in [0, 0.1) is 16.0 Å². The van der Waals surface area contributed by atoms with Gasteiger partial charge in [0.25, 0.3) is 5.69 Å². The van der Waals surface area contributed by atoms with E-state index in [2.05, 4.69) is 0 Å². The molecule has 0 aromatic heterocycles. The number of hydrogen-bond donors (Lipinski definition) is 0. The predicted octanol–water partition coefficient (Wildman–Crippen LogP) is 1.79. The van der Waals surface area contributed by atoms with E-state index in [4.69, 9.17) is 9.47 Å². The zero-order chi connectivity index (χ0) is 16.6. The molecular formula is C14H18N2O6S. The highest BCUT2D eigenvalue weighted by atomic mass is 32.2. The molecule has 1 saturated heterocycles.